The molecule has 0 radical (unpaired) electrons. The van der Waals surface area contributed by atoms with E-state index in [0.717, 1.165) is 16.5 Å². The van der Waals surface area contributed by atoms with Gasteiger partial charge in [-0.3, -0.25) is 4.79 Å². The van der Waals surface area contributed by atoms with E-state index >= 15 is 0 Å². The van der Waals surface area contributed by atoms with Gasteiger partial charge < -0.3 is 10.1 Å². The predicted octanol–water partition coefficient (Wildman–Crippen LogP) is 4.68. The van der Waals surface area contributed by atoms with E-state index in [1.165, 1.54) is 5.56 Å². The summed E-state index contributed by atoms with van der Waals surface area (Å²) < 4.78 is 5.86. The molecule has 1 amide bonds. The van der Waals surface area contributed by atoms with Crippen molar-refractivity contribution in [1.82, 2.24) is 5.32 Å². The highest BCUT2D eigenvalue weighted by atomic mass is 79.9. The van der Waals surface area contributed by atoms with Gasteiger partial charge in [0.15, 0.2) is 6.61 Å². The van der Waals surface area contributed by atoms with Crippen LogP contribution in [-0.2, 0) is 16.0 Å². The number of halogens is 1. The van der Waals surface area contributed by atoms with Crippen LogP contribution in [-0.4, -0.2) is 18.5 Å². The normalized spacial score (nSPS) is 11.9. The number of benzene rings is 2. The number of amides is 1. The smallest absolute Gasteiger partial charge is 0.338 e. The standard InChI is InChI=1S/C21H24BrNO3/c1-14(2)11-16-7-9-17(10-8-16)15(3)23-20(24)13-26-21(25)18-5-4-6-19(22)12-18/h4-10,12,14-15H,11,13H2,1-3H3,(H,23,24)/t15-/m1/s1. The Labute approximate surface area is 163 Å². The molecule has 1 N–H and O–H groups in total. The lowest BCUT2D eigenvalue weighted by Gasteiger charge is -2.15. The summed E-state index contributed by atoms with van der Waals surface area (Å²) in [4.78, 5) is 24.0. The third-order valence-electron chi connectivity index (χ3n) is 3.90. The number of carbonyl (C=O) groups is 2. The number of nitrogens with one attached hydrogen (secondary N) is 1. The number of esters is 1. The van der Waals surface area contributed by atoms with Gasteiger partial charge in [0.25, 0.3) is 5.91 Å². The summed E-state index contributed by atoms with van der Waals surface area (Å²) >= 11 is 3.30. The molecule has 0 spiro atoms. The van der Waals surface area contributed by atoms with Crippen molar-refractivity contribution in [2.45, 2.75) is 33.2 Å². The summed E-state index contributed by atoms with van der Waals surface area (Å²) in [5.41, 5.74) is 2.70. The van der Waals surface area contributed by atoms with E-state index in [4.69, 9.17) is 4.74 Å². The summed E-state index contributed by atoms with van der Waals surface area (Å²) in [5, 5.41) is 2.85. The average Bonchev–Trinajstić information content (AvgIpc) is 2.59. The zero-order chi connectivity index (χ0) is 19.1. The predicted molar refractivity (Wildman–Crippen MR) is 106 cm³/mol. The van der Waals surface area contributed by atoms with Crippen LogP contribution in [0.2, 0.25) is 0 Å². The minimum atomic E-state index is -0.521. The topological polar surface area (TPSA) is 55.4 Å². The zero-order valence-corrected chi connectivity index (χ0v) is 16.9. The van der Waals surface area contributed by atoms with Gasteiger partial charge in [-0.25, -0.2) is 4.79 Å². The molecule has 0 saturated heterocycles. The Morgan fingerprint density at radius 1 is 1.08 bits per heavy atom. The maximum Gasteiger partial charge on any atom is 0.338 e. The van der Waals surface area contributed by atoms with Crippen molar-refractivity contribution < 1.29 is 14.3 Å². The summed E-state index contributed by atoms with van der Waals surface area (Å²) in [5.74, 6) is -0.239. The fourth-order valence-corrected chi connectivity index (χ4v) is 3.01. The second-order valence-electron chi connectivity index (χ2n) is 6.72. The Bertz CT molecular complexity index is 756. The van der Waals surface area contributed by atoms with E-state index < -0.39 is 5.97 Å². The molecule has 1 atom stereocenters. The van der Waals surface area contributed by atoms with Crippen molar-refractivity contribution in [3.05, 3.63) is 69.7 Å². The van der Waals surface area contributed by atoms with Gasteiger partial charge in [0, 0.05) is 4.47 Å². The van der Waals surface area contributed by atoms with Crippen LogP contribution in [0, 0.1) is 5.92 Å². The first kappa shape index (κ1) is 20.2. The summed E-state index contributed by atoms with van der Waals surface area (Å²) in [6, 6.07) is 14.9. The van der Waals surface area contributed by atoms with Crippen molar-refractivity contribution in [1.29, 1.82) is 0 Å². The van der Waals surface area contributed by atoms with E-state index in [1.54, 1.807) is 18.2 Å². The third-order valence-corrected chi connectivity index (χ3v) is 4.39. The van der Waals surface area contributed by atoms with Gasteiger partial charge in [0.1, 0.15) is 0 Å². The van der Waals surface area contributed by atoms with Gasteiger partial charge in [-0.1, -0.05) is 60.1 Å². The van der Waals surface area contributed by atoms with Crippen molar-refractivity contribution in [3.63, 3.8) is 0 Å². The zero-order valence-electron chi connectivity index (χ0n) is 15.3. The fourth-order valence-electron chi connectivity index (χ4n) is 2.61. The molecular formula is C21H24BrNO3. The van der Waals surface area contributed by atoms with Gasteiger partial charge in [0.05, 0.1) is 11.6 Å². The molecule has 0 aliphatic carbocycles. The molecule has 5 heteroatoms. The van der Waals surface area contributed by atoms with Crippen LogP contribution >= 0.6 is 15.9 Å². The first-order valence-electron chi connectivity index (χ1n) is 8.66. The van der Waals surface area contributed by atoms with Crippen LogP contribution in [0.1, 0.15) is 48.3 Å². The maximum atomic E-state index is 12.0. The molecular weight excluding hydrogens is 394 g/mol. The van der Waals surface area contributed by atoms with Crippen LogP contribution in [0.25, 0.3) is 0 Å². The Balaban J connectivity index is 1.84. The molecule has 2 aromatic rings. The quantitative estimate of drug-likeness (QED) is 0.665. The van der Waals surface area contributed by atoms with Crippen LogP contribution in [0.15, 0.2) is 53.0 Å². The SMILES string of the molecule is CC(C)Cc1ccc([C@@H](C)NC(=O)COC(=O)c2cccc(Br)c2)cc1. The number of hydrogen-bond acceptors (Lipinski definition) is 3. The van der Waals surface area contributed by atoms with E-state index in [9.17, 15) is 9.59 Å². The lowest BCUT2D eigenvalue weighted by Crippen LogP contribution is -2.31. The molecule has 2 rings (SSSR count). The van der Waals surface area contributed by atoms with Gasteiger partial charge in [-0.2, -0.15) is 0 Å². The fraction of sp³-hybridized carbons (Fsp3) is 0.333. The highest BCUT2D eigenvalue weighted by molar-refractivity contribution is 9.10. The molecule has 0 aliphatic heterocycles. The molecule has 0 saturated carbocycles. The highest BCUT2D eigenvalue weighted by Crippen LogP contribution is 2.16. The Hall–Kier alpha value is -2.14. The number of hydrogen-bond donors (Lipinski definition) is 1. The second kappa shape index (κ2) is 9.53. The van der Waals surface area contributed by atoms with E-state index in [1.807, 2.05) is 25.1 Å². The maximum absolute atomic E-state index is 12.0. The van der Waals surface area contributed by atoms with Crippen molar-refractivity contribution >= 4 is 27.8 Å². The largest absolute Gasteiger partial charge is 0.452 e. The number of ether oxygens (including phenoxy) is 1. The number of rotatable bonds is 7. The lowest BCUT2D eigenvalue weighted by molar-refractivity contribution is -0.124. The van der Waals surface area contributed by atoms with Gasteiger partial charge in [0.2, 0.25) is 0 Å². The molecule has 4 nitrogen and oxygen atoms in total. The van der Waals surface area contributed by atoms with Crippen LogP contribution in [0.3, 0.4) is 0 Å². The molecule has 0 heterocycles. The summed E-state index contributed by atoms with van der Waals surface area (Å²) in [7, 11) is 0. The Morgan fingerprint density at radius 3 is 2.38 bits per heavy atom. The highest BCUT2D eigenvalue weighted by Gasteiger charge is 2.13. The van der Waals surface area contributed by atoms with Crippen molar-refractivity contribution in [3.8, 4) is 0 Å². The van der Waals surface area contributed by atoms with E-state index in [0.29, 0.717) is 11.5 Å². The second-order valence-corrected chi connectivity index (χ2v) is 7.63. The molecule has 0 aliphatic rings. The third kappa shape index (κ3) is 6.30. The summed E-state index contributed by atoms with van der Waals surface area (Å²) in [6.07, 6.45) is 1.03. The van der Waals surface area contributed by atoms with Gasteiger partial charge in [-0.05, 0) is 48.6 Å². The molecule has 0 bridgehead atoms. The van der Waals surface area contributed by atoms with Crippen molar-refractivity contribution in [2.75, 3.05) is 6.61 Å². The van der Waals surface area contributed by atoms with E-state index in [2.05, 4.69) is 47.2 Å². The van der Waals surface area contributed by atoms with Crippen LogP contribution in [0.5, 0.6) is 0 Å². The molecule has 0 unspecified atom stereocenters. The van der Waals surface area contributed by atoms with Crippen molar-refractivity contribution in [2.24, 2.45) is 5.92 Å². The average molecular weight is 418 g/mol. The molecule has 0 aromatic heterocycles. The Morgan fingerprint density at radius 2 is 1.77 bits per heavy atom. The number of carbonyl (C=O) groups excluding carboxylic acids is 2. The molecule has 26 heavy (non-hydrogen) atoms. The first-order valence-corrected chi connectivity index (χ1v) is 9.45. The summed E-state index contributed by atoms with van der Waals surface area (Å²) in [6.45, 7) is 5.98. The Kier molecular flexibility index (Phi) is 7.39. The monoisotopic (exact) mass is 417 g/mol. The minimum Gasteiger partial charge on any atom is -0.452 e. The van der Waals surface area contributed by atoms with Gasteiger partial charge >= 0.3 is 5.97 Å². The van der Waals surface area contributed by atoms with Crippen LogP contribution in [0.4, 0.5) is 0 Å². The van der Waals surface area contributed by atoms with Crippen LogP contribution < -0.4 is 5.32 Å². The van der Waals surface area contributed by atoms with Gasteiger partial charge in [-0.15, -0.1) is 0 Å². The molecule has 2 aromatic carbocycles. The molecule has 0 fully saturated rings. The van der Waals surface area contributed by atoms with E-state index in [-0.39, 0.29) is 18.6 Å². The molecule has 138 valence electrons. The first-order chi connectivity index (χ1) is 12.3. The lowest BCUT2D eigenvalue weighted by atomic mass is 10.00. The minimum absolute atomic E-state index is 0.153.